The van der Waals surface area contributed by atoms with E-state index in [9.17, 15) is 9.59 Å². The van der Waals surface area contributed by atoms with Crippen LogP contribution in [-0.4, -0.2) is 104 Å². The highest BCUT2D eigenvalue weighted by Gasteiger charge is 2.42. The molecule has 0 aromatic rings. The predicted molar refractivity (Wildman–Crippen MR) is 141 cm³/mol. The second kappa shape index (κ2) is 13.5. The standard InChI is InChI=1S/C15H26N2O3.C12H22N2O3/c1-4-7-16-13(12(2)3)14(18)17-8-5-15(6-9-17)19-10-11-20-15;1-9(2)10(13)11(15)14-5-3-12(4-6-14)16-7-8-17-12/h4,12-13,16H,1,5-11H2,2-3H3;9-10H,3-8,13H2,1-2H3/t13-;10-/m11/s1. The minimum absolute atomic E-state index is 0.0489. The summed E-state index contributed by atoms with van der Waals surface area (Å²) in [5, 5.41) is 3.26. The van der Waals surface area contributed by atoms with Gasteiger partial charge in [0, 0.05) is 58.4 Å². The van der Waals surface area contributed by atoms with E-state index in [1.807, 2.05) is 23.6 Å². The molecule has 4 rings (SSSR count). The zero-order valence-electron chi connectivity index (χ0n) is 23.2. The lowest BCUT2D eigenvalue weighted by atomic mass is 9.99. The Morgan fingerprint density at radius 1 is 0.811 bits per heavy atom. The number of piperidine rings is 2. The Hall–Kier alpha value is -1.56. The first-order valence-corrected chi connectivity index (χ1v) is 13.9. The summed E-state index contributed by atoms with van der Waals surface area (Å²) in [6.45, 7) is 17.9. The second-order valence-electron chi connectivity index (χ2n) is 11.1. The lowest BCUT2D eigenvalue weighted by molar-refractivity contribution is -0.188. The monoisotopic (exact) mass is 524 g/mol. The summed E-state index contributed by atoms with van der Waals surface area (Å²) < 4.78 is 22.6. The molecule has 10 nitrogen and oxygen atoms in total. The molecule has 3 N–H and O–H groups in total. The fourth-order valence-electron chi connectivity index (χ4n) is 5.22. The van der Waals surface area contributed by atoms with Crippen LogP contribution in [0.2, 0.25) is 0 Å². The van der Waals surface area contributed by atoms with E-state index in [-0.39, 0.29) is 29.7 Å². The van der Waals surface area contributed by atoms with Gasteiger partial charge in [-0.05, 0) is 11.8 Å². The Kier molecular flexibility index (Phi) is 10.9. The minimum atomic E-state index is -0.418. The fraction of sp³-hybridized carbons (Fsp3) is 0.852. The van der Waals surface area contributed by atoms with E-state index >= 15 is 0 Å². The first-order valence-electron chi connectivity index (χ1n) is 13.9. The van der Waals surface area contributed by atoms with Crippen molar-refractivity contribution in [2.24, 2.45) is 17.6 Å². The van der Waals surface area contributed by atoms with E-state index in [1.165, 1.54) is 0 Å². The molecule has 0 radical (unpaired) electrons. The van der Waals surface area contributed by atoms with Crippen molar-refractivity contribution in [3.63, 3.8) is 0 Å². The van der Waals surface area contributed by atoms with Gasteiger partial charge in [-0.2, -0.15) is 0 Å². The van der Waals surface area contributed by atoms with Crippen LogP contribution in [0.15, 0.2) is 12.7 Å². The fourth-order valence-corrected chi connectivity index (χ4v) is 5.22. The first kappa shape index (κ1) is 30.0. The maximum atomic E-state index is 12.6. The van der Waals surface area contributed by atoms with Crippen molar-refractivity contribution in [2.75, 3.05) is 59.2 Å². The first-order chi connectivity index (χ1) is 17.6. The summed E-state index contributed by atoms with van der Waals surface area (Å²) in [4.78, 5) is 28.4. The normalized spacial score (nSPS) is 24.3. The molecule has 4 saturated heterocycles. The maximum Gasteiger partial charge on any atom is 0.239 e. The molecule has 0 aliphatic carbocycles. The summed E-state index contributed by atoms with van der Waals surface area (Å²) >= 11 is 0. The van der Waals surface area contributed by atoms with Crippen LogP contribution >= 0.6 is 0 Å². The maximum absolute atomic E-state index is 12.6. The Balaban J connectivity index is 0.000000208. The van der Waals surface area contributed by atoms with Crippen LogP contribution in [0, 0.1) is 11.8 Å². The molecule has 0 aromatic heterocycles. The van der Waals surface area contributed by atoms with E-state index in [1.54, 1.807) is 6.08 Å². The molecule has 2 amide bonds. The van der Waals surface area contributed by atoms with Gasteiger partial charge in [0.15, 0.2) is 11.6 Å². The van der Waals surface area contributed by atoms with Crippen molar-refractivity contribution in [3.8, 4) is 0 Å². The molecule has 0 aromatic carbocycles. The van der Waals surface area contributed by atoms with Crippen LogP contribution in [0.4, 0.5) is 0 Å². The summed E-state index contributed by atoms with van der Waals surface area (Å²) in [6, 6.07) is -0.540. The van der Waals surface area contributed by atoms with Gasteiger partial charge in [0.1, 0.15) is 0 Å². The number of rotatable bonds is 7. The third-order valence-corrected chi connectivity index (χ3v) is 7.72. The van der Waals surface area contributed by atoms with Gasteiger partial charge < -0.3 is 39.8 Å². The number of hydrogen-bond acceptors (Lipinski definition) is 8. The number of amides is 2. The minimum Gasteiger partial charge on any atom is -0.347 e. The van der Waals surface area contributed by atoms with Gasteiger partial charge in [-0.3, -0.25) is 9.59 Å². The molecule has 4 fully saturated rings. The summed E-state index contributed by atoms with van der Waals surface area (Å²) in [6.07, 6.45) is 4.83. The number of likely N-dealkylation sites (tertiary alicyclic amines) is 2. The zero-order valence-corrected chi connectivity index (χ0v) is 23.2. The molecule has 4 aliphatic heterocycles. The van der Waals surface area contributed by atoms with Gasteiger partial charge in [0.05, 0.1) is 38.5 Å². The number of carbonyl (C=O) groups excluding carboxylic acids is 2. The lowest BCUT2D eigenvalue weighted by Gasteiger charge is -2.39. The topological polar surface area (TPSA) is 116 Å². The summed E-state index contributed by atoms with van der Waals surface area (Å²) in [5.41, 5.74) is 5.88. The van der Waals surface area contributed by atoms with E-state index in [0.717, 1.165) is 25.7 Å². The predicted octanol–water partition coefficient (Wildman–Crippen LogP) is 1.49. The van der Waals surface area contributed by atoms with E-state index < -0.39 is 17.6 Å². The number of carbonyl (C=O) groups is 2. The highest BCUT2D eigenvalue weighted by atomic mass is 16.7. The highest BCUT2D eigenvalue weighted by Crippen LogP contribution is 2.32. The molecule has 2 atom stereocenters. The van der Waals surface area contributed by atoms with Gasteiger partial charge in [0.2, 0.25) is 11.8 Å². The molecule has 2 spiro atoms. The molecule has 4 heterocycles. The number of nitrogens with one attached hydrogen (secondary N) is 1. The number of hydrogen-bond donors (Lipinski definition) is 2. The Morgan fingerprint density at radius 3 is 1.57 bits per heavy atom. The number of nitrogens with two attached hydrogens (primary N) is 1. The largest absolute Gasteiger partial charge is 0.347 e. The van der Waals surface area contributed by atoms with E-state index in [4.69, 9.17) is 24.7 Å². The lowest BCUT2D eigenvalue weighted by Crippen LogP contribution is -2.54. The third kappa shape index (κ3) is 7.74. The molecular weight excluding hydrogens is 476 g/mol. The Labute approximate surface area is 222 Å². The van der Waals surface area contributed by atoms with E-state index in [2.05, 4.69) is 25.7 Å². The Bertz CT molecular complexity index is 744. The third-order valence-electron chi connectivity index (χ3n) is 7.72. The quantitative estimate of drug-likeness (QED) is 0.482. The van der Waals surface area contributed by atoms with Crippen molar-refractivity contribution < 1.29 is 28.5 Å². The van der Waals surface area contributed by atoms with Crippen molar-refractivity contribution in [3.05, 3.63) is 12.7 Å². The van der Waals surface area contributed by atoms with Crippen molar-refractivity contribution in [2.45, 2.75) is 77.0 Å². The van der Waals surface area contributed by atoms with Crippen molar-refractivity contribution >= 4 is 11.8 Å². The molecular formula is C27H48N4O6. The van der Waals surface area contributed by atoms with Crippen LogP contribution in [-0.2, 0) is 28.5 Å². The van der Waals surface area contributed by atoms with Gasteiger partial charge in [0.25, 0.3) is 0 Å². The number of nitrogens with zero attached hydrogens (tertiary/aromatic N) is 2. The van der Waals surface area contributed by atoms with Crippen LogP contribution in [0.25, 0.3) is 0 Å². The smallest absolute Gasteiger partial charge is 0.239 e. The molecule has 10 heteroatoms. The SMILES string of the molecule is C=CCN[C@@H](C(=O)N1CCC2(CC1)OCCO2)C(C)C.CC(C)[C@@H](N)C(=O)N1CCC2(CC1)OCCO2. The van der Waals surface area contributed by atoms with Crippen LogP contribution in [0.3, 0.4) is 0 Å². The van der Waals surface area contributed by atoms with Gasteiger partial charge >= 0.3 is 0 Å². The molecule has 212 valence electrons. The number of ether oxygens (including phenoxy) is 4. The average Bonchev–Trinajstić information content (AvgIpc) is 3.54. The van der Waals surface area contributed by atoms with Crippen LogP contribution in [0.1, 0.15) is 53.4 Å². The van der Waals surface area contributed by atoms with Crippen molar-refractivity contribution in [1.82, 2.24) is 15.1 Å². The molecule has 0 unspecified atom stereocenters. The van der Waals surface area contributed by atoms with E-state index in [0.29, 0.717) is 59.2 Å². The molecule has 0 saturated carbocycles. The van der Waals surface area contributed by atoms with Gasteiger partial charge in [-0.1, -0.05) is 33.8 Å². The average molecular weight is 525 g/mol. The van der Waals surface area contributed by atoms with Crippen LogP contribution < -0.4 is 11.1 Å². The highest BCUT2D eigenvalue weighted by molar-refractivity contribution is 5.82. The van der Waals surface area contributed by atoms with Gasteiger partial charge in [-0.25, -0.2) is 0 Å². The molecule has 0 bridgehead atoms. The van der Waals surface area contributed by atoms with Crippen molar-refractivity contribution in [1.29, 1.82) is 0 Å². The summed E-state index contributed by atoms with van der Waals surface area (Å²) in [5.74, 6) is -0.172. The molecule has 37 heavy (non-hydrogen) atoms. The second-order valence-corrected chi connectivity index (χ2v) is 11.1. The van der Waals surface area contributed by atoms with Gasteiger partial charge in [-0.15, -0.1) is 6.58 Å². The zero-order chi connectivity index (χ0) is 27.1. The van der Waals surface area contributed by atoms with Crippen LogP contribution in [0.5, 0.6) is 0 Å². The Morgan fingerprint density at radius 2 is 1.22 bits per heavy atom. The summed E-state index contributed by atoms with van der Waals surface area (Å²) in [7, 11) is 0. The molecule has 4 aliphatic rings.